The number of carbonyl (C=O) groups excluding carboxylic acids is 1. The van der Waals surface area contributed by atoms with Crippen molar-refractivity contribution in [2.75, 3.05) is 5.32 Å². The number of hydrogen-bond donors (Lipinski definition) is 1. The van der Waals surface area contributed by atoms with Gasteiger partial charge in [0.2, 0.25) is 5.91 Å². The van der Waals surface area contributed by atoms with Crippen molar-refractivity contribution < 1.29 is 26.3 Å². The highest BCUT2D eigenvalue weighted by Crippen LogP contribution is 2.03. The monoisotopic (exact) mass is 320 g/mol. The van der Waals surface area contributed by atoms with Crippen molar-refractivity contribution in [3.8, 4) is 0 Å². The SMILES string of the molecule is CC(=O)Nc1cc[n+](CCc2ccccc2)cc1.[Br-]. The van der Waals surface area contributed by atoms with Crippen LogP contribution in [0.5, 0.6) is 0 Å². The Kier molecular flexibility index (Phi) is 6.22. The molecule has 0 radical (unpaired) electrons. The number of hydrogen-bond acceptors (Lipinski definition) is 1. The van der Waals surface area contributed by atoms with Gasteiger partial charge >= 0.3 is 0 Å². The van der Waals surface area contributed by atoms with Crippen LogP contribution in [0.4, 0.5) is 5.69 Å². The van der Waals surface area contributed by atoms with E-state index < -0.39 is 0 Å². The molecule has 0 fully saturated rings. The Bertz CT molecular complexity index is 511. The first-order chi connectivity index (χ1) is 8.74. The van der Waals surface area contributed by atoms with Gasteiger partial charge in [-0.3, -0.25) is 4.79 Å². The number of halogens is 1. The quantitative estimate of drug-likeness (QED) is 0.734. The number of aryl methyl sites for hydroxylation is 2. The summed E-state index contributed by atoms with van der Waals surface area (Å²) in [5.41, 5.74) is 2.16. The second-order valence-corrected chi connectivity index (χ2v) is 4.24. The van der Waals surface area contributed by atoms with Crippen molar-refractivity contribution in [3.05, 3.63) is 60.4 Å². The average Bonchev–Trinajstić information content (AvgIpc) is 2.38. The Hall–Kier alpha value is -1.68. The van der Waals surface area contributed by atoms with Crippen molar-refractivity contribution >= 4 is 11.6 Å². The Morgan fingerprint density at radius 2 is 1.74 bits per heavy atom. The largest absolute Gasteiger partial charge is 1.00 e. The molecule has 0 spiro atoms. The van der Waals surface area contributed by atoms with Gasteiger partial charge in [0.15, 0.2) is 18.9 Å². The molecular formula is C15H17BrN2O. The van der Waals surface area contributed by atoms with Crippen molar-refractivity contribution in [1.82, 2.24) is 0 Å². The fourth-order valence-corrected chi connectivity index (χ4v) is 1.80. The second-order valence-electron chi connectivity index (χ2n) is 4.24. The zero-order valence-electron chi connectivity index (χ0n) is 10.8. The summed E-state index contributed by atoms with van der Waals surface area (Å²) in [6.07, 6.45) is 4.97. The molecule has 0 aliphatic carbocycles. The maximum Gasteiger partial charge on any atom is 0.221 e. The summed E-state index contributed by atoms with van der Waals surface area (Å²) in [7, 11) is 0. The first-order valence-corrected chi connectivity index (χ1v) is 6.05. The molecular weight excluding hydrogens is 304 g/mol. The lowest BCUT2D eigenvalue weighted by atomic mass is 10.1. The maximum absolute atomic E-state index is 10.9. The zero-order chi connectivity index (χ0) is 12.8. The molecule has 0 aliphatic heterocycles. The van der Waals surface area contributed by atoms with Crippen LogP contribution in [0.15, 0.2) is 54.9 Å². The minimum atomic E-state index is -0.0444. The predicted molar refractivity (Wildman–Crippen MR) is 71.1 cm³/mol. The summed E-state index contributed by atoms with van der Waals surface area (Å²) >= 11 is 0. The van der Waals surface area contributed by atoms with Gasteiger partial charge in [0, 0.05) is 25.5 Å². The molecule has 0 saturated carbocycles. The van der Waals surface area contributed by atoms with E-state index in [0.29, 0.717) is 0 Å². The van der Waals surface area contributed by atoms with Gasteiger partial charge < -0.3 is 22.3 Å². The lowest BCUT2D eigenvalue weighted by Crippen LogP contribution is -3.00. The molecule has 3 nitrogen and oxygen atoms in total. The van der Waals surface area contributed by atoms with Gasteiger partial charge in [0.05, 0.1) is 5.69 Å². The molecule has 1 heterocycles. The normalized spacial score (nSPS) is 9.53. The van der Waals surface area contributed by atoms with E-state index in [-0.39, 0.29) is 22.9 Å². The third-order valence-electron chi connectivity index (χ3n) is 2.71. The smallest absolute Gasteiger partial charge is 0.221 e. The Morgan fingerprint density at radius 1 is 1.11 bits per heavy atom. The van der Waals surface area contributed by atoms with E-state index >= 15 is 0 Å². The first kappa shape index (κ1) is 15.4. The molecule has 0 unspecified atom stereocenters. The number of pyridine rings is 1. The standard InChI is InChI=1S/C15H16N2O.BrH/c1-13(18)16-15-8-11-17(12-9-15)10-7-14-5-3-2-4-6-14;/h2-6,8-9,11-12H,7,10H2,1H3;1H. The minimum Gasteiger partial charge on any atom is -1.00 e. The molecule has 1 aromatic carbocycles. The van der Waals surface area contributed by atoms with E-state index in [1.807, 2.05) is 30.6 Å². The van der Waals surface area contributed by atoms with E-state index in [1.165, 1.54) is 12.5 Å². The number of nitrogens with one attached hydrogen (secondary N) is 1. The number of anilines is 1. The van der Waals surface area contributed by atoms with Gasteiger partial charge in [-0.15, -0.1) is 0 Å². The summed E-state index contributed by atoms with van der Waals surface area (Å²) in [4.78, 5) is 10.9. The molecule has 1 N–H and O–H groups in total. The maximum atomic E-state index is 10.9. The van der Waals surface area contributed by atoms with Gasteiger partial charge in [-0.25, -0.2) is 4.57 Å². The van der Waals surface area contributed by atoms with Gasteiger partial charge in [-0.05, 0) is 5.56 Å². The molecule has 100 valence electrons. The summed E-state index contributed by atoms with van der Waals surface area (Å²) < 4.78 is 2.11. The molecule has 0 aliphatic rings. The van der Waals surface area contributed by atoms with E-state index in [4.69, 9.17) is 0 Å². The van der Waals surface area contributed by atoms with Crippen molar-refractivity contribution in [3.63, 3.8) is 0 Å². The highest BCUT2D eigenvalue weighted by molar-refractivity contribution is 5.88. The average molecular weight is 321 g/mol. The van der Waals surface area contributed by atoms with Gasteiger partial charge in [0.1, 0.15) is 0 Å². The van der Waals surface area contributed by atoms with Gasteiger partial charge in [0.25, 0.3) is 0 Å². The fourth-order valence-electron chi connectivity index (χ4n) is 1.80. The number of nitrogens with zero attached hydrogens (tertiary/aromatic N) is 1. The molecule has 2 aromatic rings. The summed E-state index contributed by atoms with van der Waals surface area (Å²) in [6, 6.07) is 14.2. The highest BCUT2D eigenvalue weighted by atomic mass is 79.9. The van der Waals surface area contributed by atoms with E-state index in [2.05, 4.69) is 34.1 Å². The van der Waals surface area contributed by atoms with Crippen molar-refractivity contribution in [2.24, 2.45) is 0 Å². The van der Waals surface area contributed by atoms with E-state index in [9.17, 15) is 4.79 Å². The van der Waals surface area contributed by atoms with Crippen LogP contribution < -0.4 is 26.9 Å². The molecule has 0 bridgehead atoms. The number of carbonyl (C=O) groups is 1. The molecule has 4 heteroatoms. The molecule has 0 saturated heterocycles. The fraction of sp³-hybridized carbons (Fsp3) is 0.200. The van der Waals surface area contributed by atoms with Crippen LogP contribution >= 0.6 is 0 Å². The van der Waals surface area contributed by atoms with E-state index in [0.717, 1.165) is 18.7 Å². The van der Waals surface area contributed by atoms with Crippen LogP contribution in [-0.2, 0) is 17.8 Å². The molecule has 1 aromatic heterocycles. The Balaban J connectivity index is 0.00000180. The van der Waals surface area contributed by atoms with Gasteiger partial charge in [-0.1, -0.05) is 30.3 Å². The van der Waals surface area contributed by atoms with E-state index in [1.54, 1.807) is 0 Å². The van der Waals surface area contributed by atoms with Gasteiger partial charge in [-0.2, -0.15) is 0 Å². The first-order valence-electron chi connectivity index (χ1n) is 6.05. The zero-order valence-corrected chi connectivity index (χ0v) is 12.4. The number of amides is 1. The number of rotatable bonds is 4. The van der Waals surface area contributed by atoms with Crippen LogP contribution in [0.3, 0.4) is 0 Å². The third kappa shape index (κ3) is 5.22. The van der Waals surface area contributed by atoms with Crippen LogP contribution in [0.1, 0.15) is 12.5 Å². The minimum absolute atomic E-state index is 0. The highest BCUT2D eigenvalue weighted by Gasteiger charge is 2.02. The second kappa shape index (κ2) is 7.69. The topological polar surface area (TPSA) is 33.0 Å². The van der Waals surface area contributed by atoms with Crippen LogP contribution in [0, 0.1) is 0 Å². The summed E-state index contributed by atoms with van der Waals surface area (Å²) in [6.45, 7) is 2.45. The van der Waals surface area contributed by atoms with Crippen LogP contribution in [-0.4, -0.2) is 5.91 Å². The van der Waals surface area contributed by atoms with Crippen LogP contribution in [0.2, 0.25) is 0 Å². The lowest BCUT2D eigenvalue weighted by molar-refractivity contribution is -0.696. The van der Waals surface area contributed by atoms with Crippen molar-refractivity contribution in [2.45, 2.75) is 19.9 Å². The van der Waals surface area contributed by atoms with Crippen molar-refractivity contribution in [1.29, 1.82) is 0 Å². The lowest BCUT2D eigenvalue weighted by Gasteiger charge is -2.01. The predicted octanol–water partition coefficient (Wildman–Crippen LogP) is -0.821. The number of benzene rings is 1. The molecule has 0 atom stereocenters. The molecule has 2 rings (SSSR count). The molecule has 19 heavy (non-hydrogen) atoms. The number of aromatic nitrogens is 1. The third-order valence-corrected chi connectivity index (χ3v) is 2.71. The Morgan fingerprint density at radius 3 is 2.32 bits per heavy atom. The summed E-state index contributed by atoms with van der Waals surface area (Å²) in [5, 5.41) is 2.75. The van der Waals surface area contributed by atoms with Crippen LogP contribution in [0.25, 0.3) is 0 Å². The summed E-state index contributed by atoms with van der Waals surface area (Å²) in [5.74, 6) is -0.0444. The molecule has 1 amide bonds. The Labute approximate surface area is 124 Å².